The molecule has 0 aromatic carbocycles. The normalized spacial score (nSPS) is 14.4. The van der Waals surface area contributed by atoms with Crippen molar-refractivity contribution in [1.82, 2.24) is 10.3 Å². The molecule has 25 heavy (non-hydrogen) atoms. The summed E-state index contributed by atoms with van der Waals surface area (Å²) in [6.07, 6.45) is 8.32. The third-order valence-corrected chi connectivity index (χ3v) is 6.05. The minimum Gasteiger partial charge on any atom is -0.440 e. The van der Waals surface area contributed by atoms with Crippen molar-refractivity contribution < 1.29 is 9.21 Å². The maximum Gasteiger partial charge on any atom is 0.236 e. The van der Waals surface area contributed by atoms with Gasteiger partial charge in [-0.3, -0.25) is 4.79 Å². The van der Waals surface area contributed by atoms with Crippen LogP contribution in [0, 0.1) is 6.92 Å². The van der Waals surface area contributed by atoms with Crippen molar-refractivity contribution in [1.29, 1.82) is 0 Å². The van der Waals surface area contributed by atoms with Gasteiger partial charge in [-0.1, -0.05) is 17.7 Å². The number of carbonyl (C=O) groups excluding carboxylic acids is 1. The van der Waals surface area contributed by atoms with Crippen molar-refractivity contribution in [3.8, 4) is 10.8 Å². The maximum absolute atomic E-state index is 12.0. The van der Waals surface area contributed by atoms with E-state index in [4.69, 9.17) is 4.42 Å². The number of rotatable bonds is 8. The van der Waals surface area contributed by atoms with Gasteiger partial charge in [0.05, 0.1) is 16.3 Å². The number of aromatic nitrogens is 1. The molecule has 3 rings (SSSR count). The molecule has 0 saturated carbocycles. The first-order chi connectivity index (χ1) is 12.2. The van der Waals surface area contributed by atoms with E-state index in [0.29, 0.717) is 17.4 Å². The number of oxazole rings is 1. The highest BCUT2D eigenvalue weighted by Crippen LogP contribution is 2.27. The number of nitrogens with zero attached hydrogens (tertiary/aromatic N) is 1. The standard InChI is InChI=1S/C19H24N2O2S2/c1-14-16(21-19(23-14)17-8-5-11-25-17)12-24-13-18(22)20-10-9-15-6-3-2-4-7-15/h5-6,8,11H,2-4,7,9-10,12-13H2,1H3,(H,20,22). The lowest BCUT2D eigenvalue weighted by molar-refractivity contribution is -0.118. The zero-order valence-corrected chi connectivity index (χ0v) is 16.2. The number of nitrogens with one attached hydrogen (secondary N) is 1. The fourth-order valence-electron chi connectivity index (χ4n) is 2.85. The van der Waals surface area contributed by atoms with E-state index < -0.39 is 0 Å². The van der Waals surface area contributed by atoms with Crippen LogP contribution in [-0.4, -0.2) is 23.2 Å². The molecular weight excluding hydrogens is 352 g/mol. The van der Waals surface area contributed by atoms with Crippen LogP contribution in [0.3, 0.4) is 0 Å². The van der Waals surface area contributed by atoms with Crippen LogP contribution >= 0.6 is 23.1 Å². The zero-order chi connectivity index (χ0) is 17.5. The molecule has 1 amide bonds. The van der Waals surface area contributed by atoms with Gasteiger partial charge in [0.2, 0.25) is 11.8 Å². The SMILES string of the molecule is Cc1oc(-c2cccs2)nc1CSCC(=O)NCCC1=CCCCC1. The first kappa shape index (κ1) is 18.3. The predicted octanol–water partition coefficient (Wildman–Crippen LogP) is 4.95. The molecule has 0 atom stereocenters. The summed E-state index contributed by atoms with van der Waals surface area (Å²) in [5.41, 5.74) is 2.42. The van der Waals surface area contributed by atoms with Crippen LogP contribution in [0.15, 0.2) is 33.6 Å². The van der Waals surface area contributed by atoms with Gasteiger partial charge in [0, 0.05) is 12.3 Å². The second kappa shape index (κ2) is 9.25. The van der Waals surface area contributed by atoms with Crippen LogP contribution in [-0.2, 0) is 10.5 Å². The molecule has 0 spiro atoms. The number of amides is 1. The Kier molecular flexibility index (Phi) is 6.76. The lowest BCUT2D eigenvalue weighted by Crippen LogP contribution is -2.26. The van der Waals surface area contributed by atoms with Crippen LogP contribution in [0.5, 0.6) is 0 Å². The van der Waals surface area contributed by atoms with E-state index in [1.807, 2.05) is 24.4 Å². The lowest BCUT2D eigenvalue weighted by Gasteiger charge is -2.12. The largest absolute Gasteiger partial charge is 0.440 e. The number of allylic oxidation sites excluding steroid dienone is 1. The Balaban J connectivity index is 1.37. The topological polar surface area (TPSA) is 55.1 Å². The van der Waals surface area contributed by atoms with Crippen LogP contribution < -0.4 is 5.32 Å². The Morgan fingerprint density at radius 3 is 3.12 bits per heavy atom. The Labute approximate surface area is 157 Å². The van der Waals surface area contributed by atoms with Gasteiger partial charge >= 0.3 is 0 Å². The molecule has 1 N–H and O–H groups in total. The molecule has 0 saturated heterocycles. The molecule has 4 nitrogen and oxygen atoms in total. The number of carbonyl (C=O) groups is 1. The summed E-state index contributed by atoms with van der Waals surface area (Å²) in [7, 11) is 0. The van der Waals surface area contributed by atoms with E-state index in [1.165, 1.54) is 31.3 Å². The zero-order valence-electron chi connectivity index (χ0n) is 14.5. The van der Waals surface area contributed by atoms with Crippen LogP contribution in [0.4, 0.5) is 0 Å². The highest BCUT2D eigenvalue weighted by atomic mass is 32.2. The van der Waals surface area contributed by atoms with Gasteiger partial charge in [-0.25, -0.2) is 4.98 Å². The fourth-order valence-corrected chi connectivity index (χ4v) is 4.35. The molecule has 2 aromatic rings. The second-order valence-corrected chi connectivity index (χ2v) is 8.13. The number of hydrogen-bond donors (Lipinski definition) is 1. The maximum atomic E-state index is 12.0. The van der Waals surface area contributed by atoms with Crippen LogP contribution in [0.25, 0.3) is 10.8 Å². The molecule has 0 fully saturated rings. The van der Waals surface area contributed by atoms with Crippen LogP contribution in [0.2, 0.25) is 0 Å². The van der Waals surface area contributed by atoms with Gasteiger partial charge in [0.1, 0.15) is 5.76 Å². The number of aryl methyl sites for hydroxylation is 1. The minimum absolute atomic E-state index is 0.0982. The van der Waals surface area contributed by atoms with Gasteiger partial charge in [0.25, 0.3) is 0 Å². The first-order valence-corrected chi connectivity index (χ1v) is 10.8. The van der Waals surface area contributed by atoms with Crippen LogP contribution in [0.1, 0.15) is 43.6 Å². The Hall–Kier alpha value is -1.53. The summed E-state index contributed by atoms with van der Waals surface area (Å²) < 4.78 is 5.73. The number of hydrogen-bond acceptors (Lipinski definition) is 5. The molecular formula is C19H24N2O2S2. The molecule has 6 heteroatoms. The van der Waals surface area contributed by atoms with Crippen molar-refractivity contribution in [3.05, 3.63) is 40.6 Å². The van der Waals surface area contributed by atoms with E-state index in [0.717, 1.165) is 29.3 Å². The average Bonchev–Trinajstić information content (AvgIpc) is 3.26. The molecule has 0 unspecified atom stereocenters. The molecule has 0 bridgehead atoms. The molecule has 134 valence electrons. The molecule has 2 heterocycles. The van der Waals surface area contributed by atoms with Gasteiger partial charge < -0.3 is 9.73 Å². The fraction of sp³-hybridized carbons (Fsp3) is 0.474. The third-order valence-electron chi connectivity index (χ3n) is 4.25. The Bertz CT molecular complexity index is 720. The summed E-state index contributed by atoms with van der Waals surface area (Å²) in [4.78, 5) is 17.6. The lowest BCUT2D eigenvalue weighted by atomic mass is 9.97. The summed E-state index contributed by atoms with van der Waals surface area (Å²) in [5, 5.41) is 5.03. The quantitative estimate of drug-likeness (QED) is 0.662. The van der Waals surface area contributed by atoms with E-state index in [-0.39, 0.29) is 5.91 Å². The first-order valence-electron chi connectivity index (χ1n) is 8.75. The summed E-state index contributed by atoms with van der Waals surface area (Å²) >= 11 is 3.20. The smallest absolute Gasteiger partial charge is 0.236 e. The number of thiophene rings is 1. The molecule has 1 aliphatic rings. The van der Waals surface area contributed by atoms with Crippen molar-refractivity contribution in [2.24, 2.45) is 0 Å². The van der Waals surface area contributed by atoms with Crippen molar-refractivity contribution in [3.63, 3.8) is 0 Å². The van der Waals surface area contributed by atoms with E-state index >= 15 is 0 Å². The summed E-state index contributed by atoms with van der Waals surface area (Å²) in [6, 6.07) is 3.99. The average molecular weight is 377 g/mol. The molecule has 2 aromatic heterocycles. The van der Waals surface area contributed by atoms with E-state index in [2.05, 4.69) is 16.4 Å². The molecule has 1 aliphatic carbocycles. The van der Waals surface area contributed by atoms with Gasteiger partial charge in [-0.05, 0) is 50.5 Å². The summed E-state index contributed by atoms with van der Waals surface area (Å²) in [5.74, 6) is 2.76. The van der Waals surface area contributed by atoms with E-state index in [9.17, 15) is 4.79 Å². The predicted molar refractivity (Wildman–Crippen MR) is 105 cm³/mol. The van der Waals surface area contributed by atoms with Gasteiger partial charge in [-0.15, -0.1) is 23.1 Å². The third kappa shape index (κ3) is 5.47. The highest BCUT2D eigenvalue weighted by Gasteiger charge is 2.13. The Morgan fingerprint density at radius 2 is 2.36 bits per heavy atom. The van der Waals surface area contributed by atoms with Crippen molar-refractivity contribution in [2.45, 2.75) is 44.8 Å². The van der Waals surface area contributed by atoms with Gasteiger partial charge in [-0.2, -0.15) is 0 Å². The minimum atomic E-state index is 0.0982. The highest BCUT2D eigenvalue weighted by molar-refractivity contribution is 7.99. The molecule has 0 aliphatic heterocycles. The monoisotopic (exact) mass is 376 g/mol. The number of thioether (sulfide) groups is 1. The second-order valence-electron chi connectivity index (χ2n) is 6.20. The molecule has 0 radical (unpaired) electrons. The Morgan fingerprint density at radius 1 is 1.44 bits per heavy atom. The van der Waals surface area contributed by atoms with Crippen molar-refractivity contribution >= 4 is 29.0 Å². The summed E-state index contributed by atoms with van der Waals surface area (Å²) in [6.45, 7) is 2.68. The van der Waals surface area contributed by atoms with Gasteiger partial charge in [0.15, 0.2) is 0 Å². The van der Waals surface area contributed by atoms with E-state index in [1.54, 1.807) is 23.1 Å². The van der Waals surface area contributed by atoms with Crippen molar-refractivity contribution in [2.75, 3.05) is 12.3 Å².